The minimum absolute atomic E-state index is 0. The van der Waals surface area contributed by atoms with Gasteiger partial charge in [-0.3, -0.25) is 35.9 Å². The maximum Gasteiger partial charge on any atom is 0.492 e. The van der Waals surface area contributed by atoms with E-state index in [0.717, 1.165) is 21.7 Å². The molecule has 4 aromatic heterocycles. The van der Waals surface area contributed by atoms with Crippen molar-refractivity contribution < 1.29 is 68.6 Å². The molecule has 0 aliphatic rings. The second-order valence-corrected chi connectivity index (χ2v) is 18.2. The van der Waals surface area contributed by atoms with Crippen LogP contribution in [0, 0.1) is 18.8 Å². The van der Waals surface area contributed by atoms with Gasteiger partial charge < -0.3 is 30.0 Å². The normalized spacial score (nSPS) is 9.89. The number of aromatic nitrogens is 4. The fourth-order valence-electron chi connectivity index (χ4n) is 3.98. The fraction of sp³-hybridized carbons (Fsp3) is 0.370. The van der Waals surface area contributed by atoms with Gasteiger partial charge in [0.05, 0.1) is 30.0 Å². The molecule has 5 aromatic rings. The van der Waals surface area contributed by atoms with Gasteiger partial charge in [-0.2, -0.15) is 0 Å². The van der Waals surface area contributed by atoms with Crippen LogP contribution in [0.25, 0.3) is 0 Å². The Bertz CT molecular complexity index is 2140. The standard InChI is InChI=1S/C16H17IN2O2.C10H15BN2O4.C10H13FN2O2.C5H5FN2.5CH4/c1-16(2,3)21-15(20)19-14-9-10-18-11-13(14)17-12-7-5-4-6-8-12;1-10(2,3)17-9(14)13-8-4-5-12-6-7(8)11(15)16;1-10(2,3)15-9(14)13-8-4-5-12-6-7(8)11;6-4-3-8-2-1-5(4)7;;;;;/h4-11H,1-3H3;4-6,15-16H,1-3H3,(H,12,13,14);4-6H,1-3H3,(H,12,13,14);1-3H,(H2,7,8);5*1H4/p+1/i;;11-1;6-1;;;;;. The number of nitrogens with zero attached hydrogens (tertiary/aromatic N) is 4. The molecule has 0 unspecified atom stereocenters. The molecule has 4 heterocycles. The van der Waals surface area contributed by atoms with E-state index in [1.165, 1.54) is 46.6 Å². The summed E-state index contributed by atoms with van der Waals surface area (Å²) >= 11 is -0.392. The molecular weight excluding hydrogens is 966 g/mol. The Morgan fingerprint density at radius 2 is 0.939 bits per heavy atom. The summed E-state index contributed by atoms with van der Waals surface area (Å²) < 4.78 is 42.8. The van der Waals surface area contributed by atoms with Gasteiger partial charge in [0.1, 0.15) is 22.5 Å². The summed E-state index contributed by atoms with van der Waals surface area (Å²) in [4.78, 5) is 49.6. The first-order valence-electron chi connectivity index (χ1n) is 18.3. The van der Waals surface area contributed by atoms with E-state index in [1.807, 2.05) is 51.2 Å². The molecule has 0 aliphatic carbocycles. The van der Waals surface area contributed by atoms with Crippen molar-refractivity contribution in [1.82, 2.24) is 19.9 Å². The number of pyridine rings is 4. The lowest BCUT2D eigenvalue weighted by Crippen LogP contribution is -3.61. The summed E-state index contributed by atoms with van der Waals surface area (Å²) in [6.45, 7) is 15.9. The Morgan fingerprint density at radius 3 is 1.35 bits per heavy atom. The van der Waals surface area contributed by atoms with E-state index in [2.05, 4.69) is 48.0 Å². The lowest BCUT2D eigenvalue weighted by Gasteiger charge is -2.20. The Hall–Kier alpha value is -6.00. The van der Waals surface area contributed by atoms with E-state index in [9.17, 15) is 23.2 Å². The number of anilines is 4. The van der Waals surface area contributed by atoms with Crippen molar-refractivity contribution in [2.45, 2.75) is 116 Å². The van der Waals surface area contributed by atoms with Gasteiger partial charge in [0.25, 0.3) is 0 Å². The molecule has 0 atom stereocenters. The molecule has 0 saturated heterocycles. The lowest BCUT2D eigenvalue weighted by molar-refractivity contribution is -0.596. The van der Waals surface area contributed by atoms with Crippen LogP contribution in [0.15, 0.2) is 104 Å². The van der Waals surface area contributed by atoms with Gasteiger partial charge in [-0.15, -0.1) is 0 Å². The number of hydrogen-bond donors (Lipinski definition) is 6. The van der Waals surface area contributed by atoms with Crippen molar-refractivity contribution in [3.05, 3.63) is 123 Å². The maximum atomic E-state index is 13.1. The molecule has 7 N–H and O–H groups in total. The van der Waals surface area contributed by atoms with Crippen LogP contribution in [0.3, 0.4) is 0 Å². The molecular formula is C46H71BF2IN8O8+. The molecule has 0 saturated carbocycles. The van der Waals surface area contributed by atoms with E-state index >= 15 is 0 Å². The van der Waals surface area contributed by atoms with Crippen LogP contribution in [0.2, 0.25) is 0 Å². The van der Waals surface area contributed by atoms with Crippen molar-refractivity contribution in [2.75, 3.05) is 21.7 Å². The van der Waals surface area contributed by atoms with Gasteiger partial charge in [0.15, 0.2) is 15.2 Å². The zero-order valence-corrected chi connectivity index (χ0v) is 37.4. The summed E-state index contributed by atoms with van der Waals surface area (Å²) in [6, 6.07) is 16.3. The van der Waals surface area contributed by atoms with E-state index in [4.69, 9.17) is 30.0 Å². The third-order valence-corrected chi connectivity index (χ3v) is 9.11. The highest BCUT2D eigenvalue weighted by molar-refractivity contribution is 6.60. The summed E-state index contributed by atoms with van der Waals surface area (Å²) in [5, 5.41) is 25.7. The zero-order chi connectivity index (χ0) is 45.8. The van der Waals surface area contributed by atoms with E-state index in [-0.39, 0.29) is 59.7 Å². The highest BCUT2D eigenvalue weighted by Gasteiger charge is 2.24. The third kappa shape index (κ3) is 28.7. The number of ether oxygens (including phenoxy) is 3. The number of halogens is 3. The monoisotopic (exact) mass is 1040 g/mol. The second kappa shape index (κ2) is 31.8. The Morgan fingerprint density at radius 1 is 0.561 bits per heavy atom. The first-order valence-corrected chi connectivity index (χ1v) is 20.5. The number of nitrogen functional groups attached to an aromatic ring is 1. The molecule has 0 bridgehead atoms. The van der Waals surface area contributed by atoms with Gasteiger partial charge in [-0.05, 0) is 98.7 Å². The SMILES string of the molecule is C.C.C.C.C.CC(C)(C)OC(=O)Nc1ccncc1B(O)O.CC(C)(C)OC(=O)Nc1ccncc1[18F].CC(C)(C)OC(=O)Nc1ccncc1[I+]c1ccccc1.Nc1ccncc1[18F]. The Balaban J connectivity index is -0.000000393. The van der Waals surface area contributed by atoms with Crippen molar-refractivity contribution in [1.29, 1.82) is 0 Å². The quantitative estimate of drug-likeness (QED) is 0.0561. The molecule has 3 amide bonds. The van der Waals surface area contributed by atoms with Crippen LogP contribution in [0.4, 0.5) is 45.9 Å². The summed E-state index contributed by atoms with van der Waals surface area (Å²) in [7, 11) is -1.70. The molecule has 0 fully saturated rings. The molecule has 20 heteroatoms. The lowest BCUT2D eigenvalue weighted by atomic mass is 9.80. The van der Waals surface area contributed by atoms with E-state index < -0.39 is 75.0 Å². The Kier molecular flexibility index (Phi) is 32.1. The van der Waals surface area contributed by atoms with Crippen LogP contribution < -0.4 is 48.4 Å². The van der Waals surface area contributed by atoms with Gasteiger partial charge in [-0.1, -0.05) is 55.3 Å². The topological polar surface area (TPSA) is 233 Å². The number of rotatable bonds is 6. The Labute approximate surface area is 401 Å². The van der Waals surface area contributed by atoms with E-state index in [0.29, 0.717) is 0 Å². The second-order valence-electron chi connectivity index (χ2n) is 15.2. The average molecular weight is 1040 g/mol. The maximum absolute atomic E-state index is 13.1. The van der Waals surface area contributed by atoms with E-state index in [1.54, 1.807) is 47.7 Å². The first kappa shape index (κ1) is 66.6. The number of carbonyl (C=O) groups excluding carboxylic acids is 3. The number of nitrogens with two attached hydrogens (primary N) is 1. The zero-order valence-electron chi connectivity index (χ0n) is 35.2. The summed E-state index contributed by atoms with van der Waals surface area (Å²) in [5.41, 5.74) is 4.71. The van der Waals surface area contributed by atoms with Crippen LogP contribution in [-0.4, -0.2) is 72.2 Å². The summed E-state index contributed by atoms with van der Waals surface area (Å²) in [5.74, 6) is -1.06. The number of hydrogen-bond acceptors (Lipinski definition) is 13. The van der Waals surface area contributed by atoms with Gasteiger partial charge in [0, 0.05) is 42.1 Å². The van der Waals surface area contributed by atoms with Crippen LogP contribution in [0.5, 0.6) is 0 Å². The third-order valence-electron chi connectivity index (χ3n) is 6.33. The summed E-state index contributed by atoms with van der Waals surface area (Å²) in [6.07, 6.45) is 9.31. The van der Waals surface area contributed by atoms with Crippen LogP contribution >= 0.6 is 0 Å². The highest BCUT2D eigenvalue weighted by Crippen LogP contribution is 2.15. The van der Waals surface area contributed by atoms with Crippen molar-refractivity contribution in [2.24, 2.45) is 0 Å². The number of amides is 3. The molecule has 66 heavy (non-hydrogen) atoms. The molecule has 16 nitrogen and oxygen atoms in total. The fourth-order valence-corrected chi connectivity index (χ4v) is 6.33. The van der Waals surface area contributed by atoms with Gasteiger partial charge in [-0.25, -0.2) is 23.2 Å². The molecule has 0 spiro atoms. The number of benzene rings is 1. The number of nitrogens with one attached hydrogen (secondary N) is 3. The van der Waals surface area contributed by atoms with Gasteiger partial charge in [0.2, 0.25) is 3.57 Å². The largest absolute Gasteiger partial charge is 0.492 e. The van der Waals surface area contributed by atoms with Crippen molar-refractivity contribution in [3.8, 4) is 0 Å². The predicted octanol–water partition coefficient (Wildman–Crippen LogP) is 7.22. The molecule has 0 aliphatic heterocycles. The predicted molar refractivity (Wildman–Crippen MR) is 258 cm³/mol. The minimum atomic E-state index is -1.70. The molecule has 5 rings (SSSR count). The van der Waals surface area contributed by atoms with Crippen LogP contribution in [0.1, 0.15) is 99.4 Å². The molecule has 0 radical (unpaired) electrons. The van der Waals surface area contributed by atoms with Gasteiger partial charge >= 0.3 is 46.6 Å². The first-order chi connectivity index (χ1) is 28.4. The smallest absolute Gasteiger partial charge is 0.444 e. The minimum Gasteiger partial charge on any atom is -0.444 e. The van der Waals surface area contributed by atoms with Crippen molar-refractivity contribution >= 4 is 53.6 Å². The molecule has 1 aromatic carbocycles. The number of carbonyl (C=O) groups is 3. The van der Waals surface area contributed by atoms with Crippen LogP contribution in [-0.2, 0) is 14.2 Å². The molecule has 366 valence electrons. The average Bonchev–Trinajstić information content (AvgIpc) is 3.14. The van der Waals surface area contributed by atoms with Crippen molar-refractivity contribution in [3.63, 3.8) is 0 Å². The highest BCUT2D eigenvalue weighted by atomic mass is 127.